The Kier molecular flexibility index (Phi) is 5.58. The molecule has 0 amide bonds. The number of hydrogen-bond acceptors (Lipinski definition) is 2. The zero-order valence-corrected chi connectivity index (χ0v) is 12.4. The second kappa shape index (κ2) is 7.20. The summed E-state index contributed by atoms with van der Waals surface area (Å²) in [5.41, 5.74) is 2.89. The summed E-state index contributed by atoms with van der Waals surface area (Å²) >= 11 is 2.17. The fourth-order valence-electron chi connectivity index (χ4n) is 2.77. The average molecular weight is 263 g/mol. The molecule has 1 aliphatic carbocycles. The Morgan fingerprint density at radius 3 is 2.67 bits per heavy atom. The lowest BCUT2D eigenvalue weighted by molar-refractivity contribution is 0.602. The molecule has 1 aromatic carbocycles. The molecule has 0 radical (unpaired) electrons. The molecule has 2 rings (SSSR count). The molecule has 0 aromatic heterocycles. The van der Waals surface area contributed by atoms with E-state index in [1.54, 1.807) is 0 Å². The van der Waals surface area contributed by atoms with Crippen molar-refractivity contribution < 1.29 is 0 Å². The summed E-state index contributed by atoms with van der Waals surface area (Å²) in [7, 11) is 0. The van der Waals surface area contributed by atoms with E-state index in [1.165, 1.54) is 42.6 Å². The standard InChI is InChI=1S/C16H25NS/c1-3-17-16(12-18-14-9-5-6-10-14)15-11-7-4-8-13(15)2/h4,7-8,11,14,16-17H,3,5-6,9-10,12H2,1-2H3. The van der Waals surface area contributed by atoms with Gasteiger partial charge < -0.3 is 5.32 Å². The lowest BCUT2D eigenvalue weighted by Gasteiger charge is -2.21. The fraction of sp³-hybridized carbons (Fsp3) is 0.625. The monoisotopic (exact) mass is 263 g/mol. The van der Waals surface area contributed by atoms with Gasteiger partial charge in [-0.3, -0.25) is 0 Å². The Bertz CT molecular complexity index is 358. The highest BCUT2D eigenvalue weighted by atomic mass is 32.2. The summed E-state index contributed by atoms with van der Waals surface area (Å²) in [5, 5.41) is 4.56. The van der Waals surface area contributed by atoms with E-state index in [9.17, 15) is 0 Å². The summed E-state index contributed by atoms with van der Waals surface area (Å²) in [6.45, 7) is 5.47. The topological polar surface area (TPSA) is 12.0 Å². The van der Waals surface area contributed by atoms with Gasteiger partial charge in [0.1, 0.15) is 0 Å². The number of benzene rings is 1. The van der Waals surface area contributed by atoms with Gasteiger partial charge in [0.2, 0.25) is 0 Å². The third-order valence-electron chi connectivity index (χ3n) is 3.82. The Balaban J connectivity index is 1.96. The van der Waals surface area contributed by atoms with Crippen molar-refractivity contribution in [2.45, 2.75) is 50.8 Å². The average Bonchev–Trinajstić information content (AvgIpc) is 2.88. The molecule has 0 bridgehead atoms. The molecule has 0 spiro atoms. The largest absolute Gasteiger partial charge is 0.310 e. The van der Waals surface area contributed by atoms with Gasteiger partial charge in [-0.1, -0.05) is 44.0 Å². The first-order chi connectivity index (χ1) is 8.81. The van der Waals surface area contributed by atoms with Crippen LogP contribution in [0.3, 0.4) is 0 Å². The zero-order chi connectivity index (χ0) is 12.8. The first-order valence-corrected chi connectivity index (χ1v) is 8.26. The minimum Gasteiger partial charge on any atom is -0.310 e. The molecule has 100 valence electrons. The van der Waals surface area contributed by atoms with E-state index in [4.69, 9.17) is 0 Å². The molecule has 1 aliphatic rings. The Labute approximate surface area is 116 Å². The van der Waals surface area contributed by atoms with Crippen LogP contribution in [0.1, 0.15) is 49.8 Å². The second-order valence-electron chi connectivity index (χ2n) is 5.21. The second-order valence-corrected chi connectivity index (χ2v) is 6.54. The minimum absolute atomic E-state index is 0.516. The van der Waals surface area contributed by atoms with E-state index >= 15 is 0 Å². The molecule has 0 saturated heterocycles. The van der Waals surface area contributed by atoms with Gasteiger partial charge in [-0.25, -0.2) is 0 Å². The first kappa shape index (κ1) is 14.0. The number of hydrogen-bond donors (Lipinski definition) is 1. The zero-order valence-electron chi connectivity index (χ0n) is 11.6. The van der Waals surface area contributed by atoms with Gasteiger partial charge >= 0.3 is 0 Å². The van der Waals surface area contributed by atoms with E-state index in [0.29, 0.717) is 6.04 Å². The number of rotatable bonds is 6. The Hall–Kier alpha value is -0.470. The molecule has 1 nitrogen and oxygen atoms in total. The van der Waals surface area contributed by atoms with Crippen molar-refractivity contribution in [1.29, 1.82) is 0 Å². The molecule has 1 aromatic rings. The van der Waals surface area contributed by atoms with Crippen LogP contribution >= 0.6 is 11.8 Å². The van der Waals surface area contributed by atoms with Crippen LogP contribution in [0.2, 0.25) is 0 Å². The summed E-state index contributed by atoms with van der Waals surface area (Å²) < 4.78 is 0. The Morgan fingerprint density at radius 2 is 2.00 bits per heavy atom. The van der Waals surface area contributed by atoms with Crippen LogP contribution < -0.4 is 5.32 Å². The maximum absolute atomic E-state index is 3.64. The summed E-state index contributed by atoms with van der Waals surface area (Å²) in [6.07, 6.45) is 5.73. The van der Waals surface area contributed by atoms with Gasteiger partial charge in [-0.2, -0.15) is 11.8 Å². The minimum atomic E-state index is 0.516. The van der Waals surface area contributed by atoms with Crippen molar-refractivity contribution in [3.8, 4) is 0 Å². The third-order valence-corrected chi connectivity index (χ3v) is 5.28. The molecule has 0 aliphatic heterocycles. The number of nitrogens with one attached hydrogen (secondary N) is 1. The van der Waals surface area contributed by atoms with E-state index in [0.717, 1.165) is 11.8 Å². The van der Waals surface area contributed by atoms with Gasteiger partial charge in [0.25, 0.3) is 0 Å². The molecule has 1 fully saturated rings. The lowest BCUT2D eigenvalue weighted by Crippen LogP contribution is -2.24. The third kappa shape index (κ3) is 3.76. The summed E-state index contributed by atoms with van der Waals surface area (Å²) in [6, 6.07) is 9.30. The van der Waals surface area contributed by atoms with Crippen LogP contribution in [-0.4, -0.2) is 17.5 Å². The molecule has 1 unspecified atom stereocenters. The van der Waals surface area contributed by atoms with Crippen molar-refractivity contribution in [1.82, 2.24) is 5.32 Å². The maximum Gasteiger partial charge on any atom is 0.0414 e. The fourth-order valence-corrected chi connectivity index (χ4v) is 4.20. The number of aryl methyl sites for hydroxylation is 1. The van der Waals surface area contributed by atoms with Crippen molar-refractivity contribution >= 4 is 11.8 Å². The van der Waals surface area contributed by atoms with Gasteiger partial charge in [0.05, 0.1) is 0 Å². The van der Waals surface area contributed by atoms with Crippen LogP contribution in [0.5, 0.6) is 0 Å². The molecule has 18 heavy (non-hydrogen) atoms. The van der Waals surface area contributed by atoms with E-state index in [1.807, 2.05) is 0 Å². The quantitative estimate of drug-likeness (QED) is 0.820. The van der Waals surface area contributed by atoms with Gasteiger partial charge in [0, 0.05) is 17.0 Å². The van der Waals surface area contributed by atoms with Crippen LogP contribution in [0.4, 0.5) is 0 Å². The highest BCUT2D eigenvalue weighted by molar-refractivity contribution is 7.99. The molecule has 0 heterocycles. The van der Waals surface area contributed by atoms with E-state index in [-0.39, 0.29) is 0 Å². The number of thioether (sulfide) groups is 1. The smallest absolute Gasteiger partial charge is 0.0414 e. The predicted octanol–water partition coefficient (Wildman–Crippen LogP) is 4.32. The van der Waals surface area contributed by atoms with Gasteiger partial charge in [-0.15, -0.1) is 0 Å². The van der Waals surface area contributed by atoms with Crippen LogP contribution in [0, 0.1) is 6.92 Å². The van der Waals surface area contributed by atoms with E-state index < -0.39 is 0 Å². The highest BCUT2D eigenvalue weighted by Crippen LogP contribution is 2.32. The van der Waals surface area contributed by atoms with Crippen molar-refractivity contribution in [2.24, 2.45) is 0 Å². The summed E-state index contributed by atoms with van der Waals surface area (Å²) in [4.78, 5) is 0. The van der Waals surface area contributed by atoms with Crippen LogP contribution in [0.15, 0.2) is 24.3 Å². The summed E-state index contributed by atoms with van der Waals surface area (Å²) in [5.74, 6) is 1.21. The van der Waals surface area contributed by atoms with Crippen LogP contribution in [0.25, 0.3) is 0 Å². The molecular formula is C16H25NS. The highest BCUT2D eigenvalue weighted by Gasteiger charge is 2.19. The SMILES string of the molecule is CCNC(CSC1CCCC1)c1ccccc1C. The van der Waals surface area contributed by atoms with Gasteiger partial charge in [0.15, 0.2) is 0 Å². The molecule has 1 saturated carbocycles. The molecule has 2 heteroatoms. The molecule has 1 atom stereocenters. The van der Waals surface area contributed by atoms with Gasteiger partial charge in [-0.05, 0) is 37.4 Å². The predicted molar refractivity (Wildman–Crippen MR) is 82.3 cm³/mol. The van der Waals surface area contributed by atoms with Crippen LogP contribution in [-0.2, 0) is 0 Å². The molecular weight excluding hydrogens is 238 g/mol. The lowest BCUT2D eigenvalue weighted by atomic mass is 10.0. The van der Waals surface area contributed by atoms with E-state index in [2.05, 4.69) is 55.2 Å². The normalized spacial score (nSPS) is 18.1. The van der Waals surface area contributed by atoms with Crippen molar-refractivity contribution in [3.63, 3.8) is 0 Å². The van der Waals surface area contributed by atoms with Crippen molar-refractivity contribution in [3.05, 3.63) is 35.4 Å². The van der Waals surface area contributed by atoms with Crippen molar-refractivity contribution in [2.75, 3.05) is 12.3 Å². The first-order valence-electron chi connectivity index (χ1n) is 7.21. The maximum atomic E-state index is 3.64. The Morgan fingerprint density at radius 1 is 1.28 bits per heavy atom. The molecule has 1 N–H and O–H groups in total.